The Hall–Kier alpha value is -4.93. The van der Waals surface area contributed by atoms with Crippen molar-refractivity contribution in [2.75, 3.05) is 32.0 Å². The minimum Gasteiger partial charge on any atom is -0.495 e. The van der Waals surface area contributed by atoms with Gasteiger partial charge >= 0.3 is 0 Å². The minimum atomic E-state index is -0.548. The van der Waals surface area contributed by atoms with E-state index in [0.717, 1.165) is 4.90 Å². The third-order valence-corrected chi connectivity index (χ3v) is 7.82. The van der Waals surface area contributed by atoms with Gasteiger partial charge in [-0.15, -0.1) is 11.8 Å². The summed E-state index contributed by atoms with van der Waals surface area (Å²) in [4.78, 5) is 40.2. The molecule has 3 N–H and O–H groups in total. The molecule has 3 amide bonds. The molecule has 45 heavy (non-hydrogen) atoms. The smallest absolute Gasteiger partial charge is 0.272 e. The molecule has 0 spiro atoms. The van der Waals surface area contributed by atoms with Gasteiger partial charge in [-0.25, -0.2) is 0 Å². The van der Waals surface area contributed by atoms with Crippen molar-refractivity contribution in [2.24, 2.45) is 0 Å². The predicted octanol–water partition coefficient (Wildman–Crippen LogP) is 6.89. The molecule has 0 fully saturated rings. The number of halogens is 1. The summed E-state index contributed by atoms with van der Waals surface area (Å²) in [6.07, 6.45) is 1.52. The molecule has 0 heterocycles. The first-order valence-electron chi connectivity index (χ1n) is 13.7. The zero-order valence-corrected chi connectivity index (χ0v) is 26.6. The molecule has 0 aromatic heterocycles. The normalized spacial score (nSPS) is 11.6. The van der Waals surface area contributed by atoms with Crippen LogP contribution in [-0.4, -0.2) is 44.3 Å². The topological polar surface area (TPSA) is 115 Å². The van der Waals surface area contributed by atoms with E-state index >= 15 is 0 Å². The number of nitrogens with one attached hydrogen (secondary N) is 3. The van der Waals surface area contributed by atoms with Crippen molar-refractivity contribution in [3.05, 3.63) is 113 Å². The van der Waals surface area contributed by atoms with Gasteiger partial charge in [0.15, 0.2) is 11.5 Å². The van der Waals surface area contributed by atoms with Gasteiger partial charge in [-0.05, 0) is 73.7 Å². The zero-order valence-electron chi connectivity index (χ0n) is 25.1. The van der Waals surface area contributed by atoms with Gasteiger partial charge in [0.25, 0.3) is 11.8 Å². The molecule has 4 rings (SSSR count). The fourth-order valence-corrected chi connectivity index (χ4v) is 5.25. The minimum absolute atomic E-state index is 0.00408. The Kier molecular flexibility index (Phi) is 11.5. The highest BCUT2D eigenvalue weighted by Crippen LogP contribution is 2.33. The maximum absolute atomic E-state index is 13.5. The van der Waals surface area contributed by atoms with Gasteiger partial charge in [0.1, 0.15) is 11.4 Å². The van der Waals surface area contributed by atoms with E-state index in [9.17, 15) is 14.4 Å². The molecule has 0 bridgehead atoms. The maximum atomic E-state index is 13.5. The standard InChI is InChI=1S/C34H32ClN3O6S/c1-21(32(39)37-27-20-24(35)13-18-29(27)42-2)45-26-16-14-25(15-17-26)36-34(41)28(38-33(40)22-9-6-5-7-10-22)19-23-11-8-12-30(43-3)31(23)44-4/h5-21H,1-4H3,(H,36,41)(H,37,39)(H,38,40)/b28-19-. The molecule has 4 aromatic carbocycles. The first-order chi connectivity index (χ1) is 21.7. The van der Waals surface area contributed by atoms with Crippen molar-refractivity contribution in [1.82, 2.24) is 5.32 Å². The van der Waals surface area contributed by atoms with E-state index in [1.807, 2.05) is 0 Å². The van der Waals surface area contributed by atoms with Crippen LogP contribution in [0.2, 0.25) is 5.02 Å². The third-order valence-electron chi connectivity index (χ3n) is 6.48. The SMILES string of the molecule is COc1ccc(Cl)cc1NC(=O)C(C)Sc1ccc(NC(=O)/C(=C/c2cccc(OC)c2OC)NC(=O)c2ccccc2)cc1. The van der Waals surface area contributed by atoms with E-state index in [0.29, 0.717) is 44.8 Å². The Labute approximate surface area is 270 Å². The lowest BCUT2D eigenvalue weighted by molar-refractivity contribution is -0.115. The van der Waals surface area contributed by atoms with E-state index in [-0.39, 0.29) is 11.6 Å². The molecular formula is C34H32ClN3O6S. The van der Waals surface area contributed by atoms with Crippen molar-refractivity contribution in [2.45, 2.75) is 17.1 Å². The van der Waals surface area contributed by atoms with Crippen LogP contribution < -0.4 is 30.2 Å². The van der Waals surface area contributed by atoms with Gasteiger partial charge in [-0.1, -0.05) is 41.9 Å². The fraction of sp³-hybridized carbons (Fsp3) is 0.147. The van der Waals surface area contributed by atoms with Crippen molar-refractivity contribution in [3.8, 4) is 17.2 Å². The monoisotopic (exact) mass is 645 g/mol. The first kappa shape index (κ1) is 33.0. The molecule has 0 aliphatic heterocycles. The van der Waals surface area contributed by atoms with Crippen molar-refractivity contribution in [3.63, 3.8) is 0 Å². The molecule has 0 aliphatic rings. The summed E-state index contributed by atoms with van der Waals surface area (Å²) in [6, 6.07) is 25.8. The van der Waals surface area contributed by atoms with E-state index in [1.54, 1.807) is 97.9 Å². The molecule has 0 saturated heterocycles. The molecule has 0 radical (unpaired) electrons. The van der Waals surface area contributed by atoms with Gasteiger partial charge < -0.3 is 30.2 Å². The quantitative estimate of drug-likeness (QED) is 0.113. The number of hydrogen-bond donors (Lipinski definition) is 3. The third kappa shape index (κ3) is 8.81. The van der Waals surface area contributed by atoms with Crippen molar-refractivity contribution >= 4 is 58.5 Å². The Bertz CT molecular complexity index is 1700. The number of methoxy groups -OCH3 is 3. The molecule has 0 saturated carbocycles. The summed E-state index contributed by atoms with van der Waals surface area (Å²) >= 11 is 7.42. The molecule has 1 unspecified atom stereocenters. The average Bonchev–Trinajstić information content (AvgIpc) is 3.05. The van der Waals surface area contributed by atoms with Gasteiger partial charge in [-0.2, -0.15) is 0 Å². The van der Waals surface area contributed by atoms with Crippen molar-refractivity contribution < 1.29 is 28.6 Å². The first-order valence-corrected chi connectivity index (χ1v) is 15.0. The van der Waals surface area contributed by atoms with Crippen LogP contribution in [0.3, 0.4) is 0 Å². The lowest BCUT2D eigenvalue weighted by atomic mass is 10.1. The number of carbonyl (C=O) groups is 3. The highest BCUT2D eigenvalue weighted by Gasteiger charge is 2.19. The molecule has 232 valence electrons. The van der Waals surface area contributed by atoms with Crippen LogP contribution >= 0.6 is 23.4 Å². The van der Waals surface area contributed by atoms with Gasteiger partial charge in [-0.3, -0.25) is 14.4 Å². The molecule has 0 aliphatic carbocycles. The summed E-state index contributed by atoms with van der Waals surface area (Å²) < 4.78 is 16.2. The molecule has 4 aromatic rings. The number of hydrogen-bond acceptors (Lipinski definition) is 7. The van der Waals surface area contributed by atoms with E-state index in [4.69, 9.17) is 25.8 Å². The Balaban J connectivity index is 1.49. The Morgan fingerprint density at radius 3 is 2.18 bits per heavy atom. The van der Waals surface area contributed by atoms with Gasteiger partial charge in [0, 0.05) is 26.7 Å². The second kappa shape index (κ2) is 15.7. The lowest BCUT2D eigenvalue weighted by Crippen LogP contribution is -2.30. The second-order valence-corrected chi connectivity index (χ2v) is 11.4. The number of ether oxygens (including phenoxy) is 3. The highest BCUT2D eigenvalue weighted by atomic mass is 35.5. The number of rotatable bonds is 12. The summed E-state index contributed by atoms with van der Waals surface area (Å²) in [5.41, 5.74) is 1.89. The number of carbonyl (C=O) groups excluding carboxylic acids is 3. The molecule has 11 heteroatoms. The number of thioether (sulfide) groups is 1. The number of amides is 3. The zero-order chi connectivity index (χ0) is 32.3. The van der Waals surface area contributed by atoms with E-state index < -0.39 is 17.1 Å². The lowest BCUT2D eigenvalue weighted by Gasteiger charge is -2.15. The predicted molar refractivity (Wildman–Crippen MR) is 178 cm³/mol. The fourth-order valence-electron chi connectivity index (χ4n) is 4.21. The Morgan fingerprint density at radius 1 is 0.800 bits per heavy atom. The Morgan fingerprint density at radius 2 is 1.51 bits per heavy atom. The van der Waals surface area contributed by atoms with Crippen molar-refractivity contribution in [1.29, 1.82) is 0 Å². The van der Waals surface area contributed by atoms with Crippen LogP contribution in [0, 0.1) is 0 Å². The van der Waals surface area contributed by atoms with Crippen LogP contribution in [0.25, 0.3) is 6.08 Å². The van der Waals surface area contributed by atoms with Crippen LogP contribution in [-0.2, 0) is 9.59 Å². The van der Waals surface area contributed by atoms with Crippen LogP contribution in [0.5, 0.6) is 17.2 Å². The number of benzene rings is 4. The summed E-state index contributed by atoms with van der Waals surface area (Å²) in [5, 5.41) is 8.43. The summed E-state index contributed by atoms with van der Waals surface area (Å²) in [5.74, 6) is 0.162. The van der Waals surface area contributed by atoms with E-state index in [2.05, 4.69) is 16.0 Å². The maximum Gasteiger partial charge on any atom is 0.272 e. The summed E-state index contributed by atoms with van der Waals surface area (Å²) in [7, 11) is 4.53. The van der Waals surface area contributed by atoms with Crippen LogP contribution in [0.15, 0.2) is 102 Å². The van der Waals surface area contributed by atoms with E-state index in [1.165, 1.54) is 39.2 Å². The van der Waals surface area contributed by atoms with Gasteiger partial charge in [0.2, 0.25) is 5.91 Å². The molecule has 1 atom stereocenters. The largest absolute Gasteiger partial charge is 0.495 e. The average molecular weight is 646 g/mol. The van der Waals surface area contributed by atoms with Crippen LogP contribution in [0.4, 0.5) is 11.4 Å². The highest BCUT2D eigenvalue weighted by molar-refractivity contribution is 8.00. The number of anilines is 2. The molecular weight excluding hydrogens is 614 g/mol. The number of para-hydroxylation sites is 1. The van der Waals surface area contributed by atoms with Crippen LogP contribution in [0.1, 0.15) is 22.8 Å². The van der Waals surface area contributed by atoms with Gasteiger partial charge in [0.05, 0.1) is 32.3 Å². The summed E-state index contributed by atoms with van der Waals surface area (Å²) in [6.45, 7) is 1.78. The second-order valence-electron chi connectivity index (χ2n) is 9.53. The molecule has 9 nitrogen and oxygen atoms in total.